The molecule has 0 atom stereocenters. The largest absolute Gasteiger partial charge is 0.404 e. The molecule has 1 heterocycles. The molecule has 1 rings (SSSR count). The molecule has 0 saturated heterocycles. The van der Waals surface area contributed by atoms with Crippen molar-refractivity contribution in [3.63, 3.8) is 0 Å². The second-order valence-corrected chi connectivity index (χ2v) is 2.09. The van der Waals surface area contributed by atoms with Crippen molar-refractivity contribution >= 4 is 5.97 Å². The Morgan fingerprint density at radius 1 is 1.82 bits per heavy atom. The summed E-state index contributed by atoms with van der Waals surface area (Å²) in [6.45, 7) is 5.01. The topological polar surface area (TPSA) is 55.0 Å². The SMILES string of the molecule is C=C(C)C(=O)Oc1cnc[nH]1. The van der Waals surface area contributed by atoms with Crippen molar-refractivity contribution in [3.05, 3.63) is 24.7 Å². The molecule has 1 aromatic heterocycles. The van der Waals surface area contributed by atoms with Gasteiger partial charge in [-0.1, -0.05) is 6.58 Å². The molecule has 0 amide bonds. The summed E-state index contributed by atoms with van der Waals surface area (Å²) in [6.07, 6.45) is 2.85. The van der Waals surface area contributed by atoms with Crippen LogP contribution in [0, 0.1) is 0 Å². The summed E-state index contributed by atoms with van der Waals surface area (Å²) in [5, 5.41) is 0. The second kappa shape index (κ2) is 3.01. The summed E-state index contributed by atoms with van der Waals surface area (Å²) in [7, 11) is 0. The van der Waals surface area contributed by atoms with E-state index in [0.29, 0.717) is 11.5 Å². The molecule has 0 fully saturated rings. The summed E-state index contributed by atoms with van der Waals surface area (Å²) < 4.78 is 4.76. The average Bonchev–Trinajstić information content (AvgIpc) is 2.39. The summed E-state index contributed by atoms with van der Waals surface area (Å²) in [4.78, 5) is 17.1. The molecular weight excluding hydrogens is 144 g/mol. The van der Waals surface area contributed by atoms with Gasteiger partial charge in [0.1, 0.15) is 0 Å². The van der Waals surface area contributed by atoms with E-state index in [9.17, 15) is 4.79 Å². The number of hydrogen-bond donors (Lipinski definition) is 1. The molecule has 11 heavy (non-hydrogen) atoms. The van der Waals surface area contributed by atoms with Gasteiger partial charge in [0.15, 0.2) is 0 Å². The zero-order valence-electron chi connectivity index (χ0n) is 6.13. The third-order valence-corrected chi connectivity index (χ3v) is 1.02. The lowest BCUT2D eigenvalue weighted by Crippen LogP contribution is -2.08. The first-order chi connectivity index (χ1) is 5.20. The van der Waals surface area contributed by atoms with Crippen LogP contribution in [0.25, 0.3) is 0 Å². The minimum absolute atomic E-state index is 0.331. The van der Waals surface area contributed by atoms with Crippen molar-refractivity contribution in [1.82, 2.24) is 9.97 Å². The monoisotopic (exact) mass is 152 g/mol. The van der Waals surface area contributed by atoms with Gasteiger partial charge in [-0.2, -0.15) is 0 Å². The normalized spacial score (nSPS) is 9.18. The molecule has 1 N–H and O–H groups in total. The first-order valence-corrected chi connectivity index (χ1v) is 3.06. The maximum Gasteiger partial charge on any atom is 0.339 e. The zero-order chi connectivity index (χ0) is 8.27. The quantitative estimate of drug-likeness (QED) is 0.505. The van der Waals surface area contributed by atoms with Crippen LogP contribution >= 0.6 is 0 Å². The van der Waals surface area contributed by atoms with E-state index in [2.05, 4.69) is 16.5 Å². The maximum absolute atomic E-state index is 10.8. The molecule has 4 heteroatoms. The molecule has 4 nitrogen and oxygen atoms in total. The van der Waals surface area contributed by atoms with Gasteiger partial charge in [-0.15, -0.1) is 0 Å². The summed E-state index contributed by atoms with van der Waals surface area (Å²) in [5.41, 5.74) is 0.361. The number of aromatic amines is 1. The standard InChI is InChI=1S/C7H8N2O2/c1-5(2)7(10)11-6-3-8-4-9-6/h3-4H,1H2,2H3,(H,8,9). The van der Waals surface area contributed by atoms with Gasteiger partial charge in [-0.25, -0.2) is 9.78 Å². The number of carbonyl (C=O) groups excluding carboxylic acids is 1. The van der Waals surface area contributed by atoms with Crippen LogP contribution in [0.15, 0.2) is 24.7 Å². The smallest absolute Gasteiger partial charge is 0.339 e. The maximum atomic E-state index is 10.8. The van der Waals surface area contributed by atoms with E-state index in [4.69, 9.17) is 4.74 Å². The third kappa shape index (κ3) is 1.93. The molecule has 0 aliphatic carbocycles. The number of nitrogens with one attached hydrogen (secondary N) is 1. The summed E-state index contributed by atoms with van der Waals surface area (Å²) in [5.74, 6) is -0.118. The van der Waals surface area contributed by atoms with Crippen LogP contribution in [0.3, 0.4) is 0 Å². The number of aromatic nitrogens is 2. The molecule has 0 aliphatic heterocycles. The first kappa shape index (κ1) is 7.53. The third-order valence-electron chi connectivity index (χ3n) is 1.02. The highest BCUT2D eigenvalue weighted by Crippen LogP contribution is 2.03. The Bertz CT molecular complexity index is 264. The van der Waals surface area contributed by atoms with Gasteiger partial charge in [0.2, 0.25) is 5.88 Å². The van der Waals surface area contributed by atoms with Gasteiger partial charge in [-0.3, -0.25) is 0 Å². The number of H-pyrrole nitrogens is 1. The summed E-state index contributed by atoms with van der Waals surface area (Å²) in [6, 6.07) is 0. The minimum atomic E-state index is -0.450. The van der Waals surface area contributed by atoms with Crippen LogP contribution in [-0.4, -0.2) is 15.9 Å². The highest BCUT2D eigenvalue weighted by Gasteiger charge is 2.04. The molecule has 0 aromatic carbocycles. The highest BCUT2D eigenvalue weighted by molar-refractivity contribution is 5.88. The molecular formula is C7H8N2O2. The fraction of sp³-hybridized carbons (Fsp3) is 0.143. The first-order valence-electron chi connectivity index (χ1n) is 3.06. The van der Waals surface area contributed by atoms with Crippen molar-refractivity contribution < 1.29 is 9.53 Å². The zero-order valence-corrected chi connectivity index (χ0v) is 6.13. The number of ether oxygens (including phenoxy) is 1. The van der Waals surface area contributed by atoms with Gasteiger partial charge in [-0.05, 0) is 6.92 Å². The molecule has 0 saturated carbocycles. The highest BCUT2D eigenvalue weighted by atomic mass is 16.5. The minimum Gasteiger partial charge on any atom is -0.404 e. The fourth-order valence-electron chi connectivity index (χ4n) is 0.486. The van der Waals surface area contributed by atoms with Crippen LogP contribution < -0.4 is 4.74 Å². The fourth-order valence-corrected chi connectivity index (χ4v) is 0.486. The Hall–Kier alpha value is -1.58. The predicted molar refractivity (Wildman–Crippen MR) is 39.0 cm³/mol. The van der Waals surface area contributed by atoms with E-state index >= 15 is 0 Å². The van der Waals surface area contributed by atoms with E-state index in [1.54, 1.807) is 6.92 Å². The van der Waals surface area contributed by atoms with Gasteiger partial charge in [0, 0.05) is 5.57 Å². The van der Waals surface area contributed by atoms with Crippen LogP contribution in [0.4, 0.5) is 0 Å². The number of rotatable bonds is 2. The van der Waals surface area contributed by atoms with E-state index in [1.807, 2.05) is 0 Å². The van der Waals surface area contributed by atoms with Gasteiger partial charge in [0.05, 0.1) is 12.5 Å². The molecule has 0 bridgehead atoms. The summed E-state index contributed by atoms with van der Waals surface area (Å²) >= 11 is 0. The van der Waals surface area contributed by atoms with Crippen molar-refractivity contribution in [1.29, 1.82) is 0 Å². The number of hydrogen-bond acceptors (Lipinski definition) is 3. The number of imidazole rings is 1. The van der Waals surface area contributed by atoms with Crippen molar-refractivity contribution in [2.75, 3.05) is 0 Å². The van der Waals surface area contributed by atoms with Gasteiger partial charge in [0.25, 0.3) is 0 Å². The van der Waals surface area contributed by atoms with Gasteiger partial charge >= 0.3 is 5.97 Å². The Labute approximate surface area is 63.9 Å². The number of esters is 1. The molecule has 0 spiro atoms. The van der Waals surface area contributed by atoms with E-state index in [1.165, 1.54) is 12.5 Å². The number of nitrogens with zero attached hydrogens (tertiary/aromatic N) is 1. The van der Waals surface area contributed by atoms with Crippen LogP contribution in [0.2, 0.25) is 0 Å². The van der Waals surface area contributed by atoms with Crippen LogP contribution in [0.1, 0.15) is 6.92 Å². The molecule has 1 aromatic rings. The van der Waals surface area contributed by atoms with Crippen molar-refractivity contribution in [3.8, 4) is 5.88 Å². The Balaban J connectivity index is 2.57. The predicted octanol–water partition coefficient (Wildman–Crippen LogP) is 0.891. The lowest BCUT2D eigenvalue weighted by atomic mass is 10.4. The second-order valence-electron chi connectivity index (χ2n) is 2.09. The Morgan fingerprint density at radius 3 is 3.00 bits per heavy atom. The van der Waals surface area contributed by atoms with Crippen LogP contribution in [0.5, 0.6) is 5.88 Å². The Morgan fingerprint density at radius 2 is 2.55 bits per heavy atom. The van der Waals surface area contributed by atoms with Crippen LogP contribution in [-0.2, 0) is 4.79 Å². The van der Waals surface area contributed by atoms with Crippen molar-refractivity contribution in [2.45, 2.75) is 6.92 Å². The molecule has 0 radical (unpaired) electrons. The molecule has 0 unspecified atom stereocenters. The Kier molecular flexibility index (Phi) is 2.06. The van der Waals surface area contributed by atoms with Crippen molar-refractivity contribution in [2.24, 2.45) is 0 Å². The molecule has 0 aliphatic rings. The lowest BCUT2D eigenvalue weighted by Gasteiger charge is -1.97. The van der Waals surface area contributed by atoms with E-state index in [-0.39, 0.29) is 0 Å². The van der Waals surface area contributed by atoms with Gasteiger partial charge < -0.3 is 9.72 Å². The molecule has 58 valence electrons. The van der Waals surface area contributed by atoms with E-state index in [0.717, 1.165) is 0 Å². The average molecular weight is 152 g/mol. The number of carbonyl (C=O) groups is 1. The van der Waals surface area contributed by atoms with E-state index < -0.39 is 5.97 Å². The lowest BCUT2D eigenvalue weighted by molar-refractivity contribution is -0.130.